The zero-order chi connectivity index (χ0) is 9.45. The van der Waals surface area contributed by atoms with Gasteiger partial charge in [-0.1, -0.05) is 19.7 Å². The predicted octanol–water partition coefficient (Wildman–Crippen LogP) is 2.34. The van der Waals surface area contributed by atoms with Crippen LogP contribution in [-0.2, 0) is 14.2 Å². The fraction of sp³-hybridized carbons (Fsp3) is 0.222. The van der Waals surface area contributed by atoms with E-state index >= 15 is 0 Å². The van der Waals surface area contributed by atoms with Gasteiger partial charge < -0.3 is 14.2 Å². The Morgan fingerprint density at radius 1 is 0.917 bits per heavy atom. The maximum absolute atomic E-state index is 4.97. The summed E-state index contributed by atoms with van der Waals surface area (Å²) in [6, 6.07) is 0. The molecular weight excluding hydrogens is 156 g/mol. The number of hydrogen-bond donors (Lipinski definition) is 0. The predicted molar refractivity (Wildman–Crippen MR) is 46.6 cm³/mol. The summed E-state index contributed by atoms with van der Waals surface area (Å²) in [5.74, 6) is -1.27. The van der Waals surface area contributed by atoms with E-state index in [9.17, 15) is 0 Å². The molecule has 0 saturated carbocycles. The molecule has 0 N–H and O–H groups in total. The first-order valence-electron chi connectivity index (χ1n) is 3.40. The van der Waals surface area contributed by atoms with Crippen LogP contribution in [0.15, 0.2) is 38.5 Å². The van der Waals surface area contributed by atoms with Gasteiger partial charge in [0.15, 0.2) is 0 Å². The van der Waals surface area contributed by atoms with Gasteiger partial charge in [-0.3, -0.25) is 0 Å². The molecule has 0 unspecified atom stereocenters. The zero-order valence-corrected chi connectivity index (χ0v) is 6.99. The molecule has 3 heteroatoms. The Bertz CT molecular complexity index is 137. The van der Waals surface area contributed by atoms with Crippen LogP contribution in [0.5, 0.6) is 0 Å². The molecule has 0 aromatic heterocycles. The second-order valence-corrected chi connectivity index (χ2v) is 1.79. The van der Waals surface area contributed by atoms with E-state index in [0.717, 1.165) is 0 Å². The molecule has 0 fully saturated rings. The molecule has 1 radical (unpaired) electrons. The lowest BCUT2D eigenvalue weighted by molar-refractivity contribution is -0.315. The molecule has 0 spiro atoms. The van der Waals surface area contributed by atoms with Gasteiger partial charge in [0.1, 0.15) is 0 Å². The van der Waals surface area contributed by atoms with E-state index in [1.165, 1.54) is 18.8 Å². The molecule has 0 aliphatic heterocycles. The molecule has 0 saturated heterocycles. The van der Waals surface area contributed by atoms with Gasteiger partial charge in [-0.05, 0) is 6.92 Å². The third-order valence-electron chi connectivity index (χ3n) is 1.09. The average molecular weight is 169 g/mol. The third-order valence-corrected chi connectivity index (χ3v) is 1.09. The van der Waals surface area contributed by atoms with Gasteiger partial charge in [0.25, 0.3) is 0 Å². The first-order valence-corrected chi connectivity index (χ1v) is 3.40. The smallest absolute Gasteiger partial charge is 0.415 e. The second-order valence-electron chi connectivity index (χ2n) is 1.79. The Labute approximate surface area is 72.9 Å². The molecule has 0 aliphatic rings. The van der Waals surface area contributed by atoms with Crippen LogP contribution in [0, 0.1) is 6.92 Å². The minimum Gasteiger partial charge on any atom is -0.429 e. The van der Waals surface area contributed by atoms with Crippen LogP contribution < -0.4 is 0 Å². The van der Waals surface area contributed by atoms with E-state index in [-0.39, 0.29) is 6.42 Å². The number of ether oxygens (including phenoxy) is 3. The van der Waals surface area contributed by atoms with Crippen LogP contribution >= 0.6 is 0 Å². The lowest BCUT2D eigenvalue weighted by Gasteiger charge is -2.28. The Kier molecular flexibility index (Phi) is 4.69. The highest BCUT2D eigenvalue weighted by molar-refractivity contribution is 4.71. The highest BCUT2D eigenvalue weighted by Crippen LogP contribution is 2.20. The summed E-state index contributed by atoms with van der Waals surface area (Å²) in [4.78, 5) is 0. The fourth-order valence-electron chi connectivity index (χ4n) is 0.641. The van der Waals surface area contributed by atoms with E-state index in [2.05, 4.69) is 26.7 Å². The van der Waals surface area contributed by atoms with Gasteiger partial charge in [-0.2, -0.15) is 0 Å². The summed E-state index contributed by atoms with van der Waals surface area (Å²) in [6.07, 6.45) is 3.87. The van der Waals surface area contributed by atoms with Crippen LogP contribution in [0.4, 0.5) is 0 Å². The van der Waals surface area contributed by atoms with Crippen molar-refractivity contribution >= 4 is 0 Å². The van der Waals surface area contributed by atoms with E-state index in [4.69, 9.17) is 14.2 Å². The summed E-state index contributed by atoms with van der Waals surface area (Å²) >= 11 is 0. The van der Waals surface area contributed by atoms with Crippen LogP contribution in [0.3, 0.4) is 0 Å². The SMILES string of the molecule is [CH2]CC(OC=C)(OC=C)OC=C. The van der Waals surface area contributed by atoms with Gasteiger partial charge in [0.05, 0.1) is 25.2 Å². The average Bonchev–Trinajstić information content (AvgIpc) is 2.06. The van der Waals surface area contributed by atoms with Crippen molar-refractivity contribution in [2.45, 2.75) is 12.4 Å². The Morgan fingerprint density at radius 2 is 1.25 bits per heavy atom. The molecule has 3 nitrogen and oxygen atoms in total. The Morgan fingerprint density at radius 3 is 1.42 bits per heavy atom. The van der Waals surface area contributed by atoms with Gasteiger partial charge in [0, 0.05) is 0 Å². The fourth-order valence-corrected chi connectivity index (χ4v) is 0.641. The third kappa shape index (κ3) is 2.70. The van der Waals surface area contributed by atoms with Crippen molar-refractivity contribution in [2.24, 2.45) is 0 Å². The first-order chi connectivity index (χ1) is 5.74. The summed E-state index contributed by atoms with van der Waals surface area (Å²) in [5.41, 5.74) is 0. The lowest BCUT2D eigenvalue weighted by atomic mass is 10.4. The summed E-state index contributed by atoms with van der Waals surface area (Å²) < 4.78 is 14.9. The van der Waals surface area contributed by atoms with Gasteiger partial charge in [0.2, 0.25) is 0 Å². The van der Waals surface area contributed by atoms with Crippen LogP contribution in [0.2, 0.25) is 0 Å². The molecule has 0 atom stereocenters. The number of rotatable bonds is 7. The second kappa shape index (κ2) is 5.29. The minimum absolute atomic E-state index is 0.247. The molecular formula is C9H13O3. The monoisotopic (exact) mass is 169 g/mol. The van der Waals surface area contributed by atoms with E-state index in [1.807, 2.05) is 0 Å². The standard InChI is InChI=1S/C9H13O3/c1-5-9(10-6-2,11-7-3)12-8-4/h6-8H,1-5H2. The van der Waals surface area contributed by atoms with Crippen LogP contribution in [0.25, 0.3) is 0 Å². The van der Waals surface area contributed by atoms with E-state index in [0.29, 0.717) is 0 Å². The van der Waals surface area contributed by atoms with Gasteiger partial charge in [-0.25, -0.2) is 0 Å². The number of hydrogen-bond acceptors (Lipinski definition) is 3. The molecule has 0 rings (SSSR count). The van der Waals surface area contributed by atoms with E-state index < -0.39 is 5.97 Å². The minimum atomic E-state index is -1.27. The molecule has 0 aromatic rings. The molecule has 0 heterocycles. The molecule has 0 aliphatic carbocycles. The van der Waals surface area contributed by atoms with Crippen molar-refractivity contribution < 1.29 is 14.2 Å². The first kappa shape index (κ1) is 10.6. The topological polar surface area (TPSA) is 27.7 Å². The summed E-state index contributed by atoms with van der Waals surface area (Å²) in [7, 11) is 0. The van der Waals surface area contributed by atoms with Crippen molar-refractivity contribution in [1.29, 1.82) is 0 Å². The molecule has 0 aromatic carbocycles. The highest BCUT2D eigenvalue weighted by Gasteiger charge is 2.31. The Hall–Kier alpha value is -1.38. The van der Waals surface area contributed by atoms with Crippen molar-refractivity contribution in [1.82, 2.24) is 0 Å². The van der Waals surface area contributed by atoms with Crippen molar-refractivity contribution in [3.8, 4) is 0 Å². The maximum Gasteiger partial charge on any atom is 0.415 e. The highest BCUT2D eigenvalue weighted by atomic mass is 16.9. The Balaban J connectivity index is 4.35. The van der Waals surface area contributed by atoms with Crippen molar-refractivity contribution in [3.05, 3.63) is 45.4 Å². The van der Waals surface area contributed by atoms with Crippen molar-refractivity contribution in [2.75, 3.05) is 0 Å². The molecule has 12 heavy (non-hydrogen) atoms. The lowest BCUT2D eigenvalue weighted by Crippen LogP contribution is -2.33. The summed E-state index contributed by atoms with van der Waals surface area (Å²) in [5, 5.41) is 0. The maximum atomic E-state index is 4.97. The van der Waals surface area contributed by atoms with Gasteiger partial charge in [-0.15, -0.1) is 0 Å². The van der Waals surface area contributed by atoms with Crippen LogP contribution in [0.1, 0.15) is 6.42 Å². The molecule has 67 valence electrons. The largest absolute Gasteiger partial charge is 0.429 e. The normalized spacial score (nSPS) is 9.75. The van der Waals surface area contributed by atoms with Crippen molar-refractivity contribution in [3.63, 3.8) is 0 Å². The molecule has 0 bridgehead atoms. The van der Waals surface area contributed by atoms with Gasteiger partial charge >= 0.3 is 5.97 Å². The molecule has 0 amide bonds. The summed E-state index contributed by atoms with van der Waals surface area (Å²) in [6.45, 7) is 13.7. The van der Waals surface area contributed by atoms with E-state index in [1.54, 1.807) is 0 Å². The zero-order valence-electron chi connectivity index (χ0n) is 6.99. The quantitative estimate of drug-likeness (QED) is 0.432. The van der Waals surface area contributed by atoms with Crippen LogP contribution in [-0.4, -0.2) is 5.97 Å².